The number of rotatable bonds is 8. The first kappa shape index (κ1) is 25.2. The van der Waals surface area contributed by atoms with Crippen molar-refractivity contribution >= 4 is 54.8 Å². The van der Waals surface area contributed by atoms with Gasteiger partial charge in [-0.15, -0.1) is 0 Å². The topological polar surface area (TPSA) is 135 Å². The Balaban J connectivity index is 1.89. The molecule has 3 aromatic rings. The van der Waals surface area contributed by atoms with Crippen molar-refractivity contribution in [1.29, 1.82) is 0 Å². The number of halogens is 2. The highest BCUT2D eigenvalue weighted by Gasteiger charge is 2.28. The molecule has 33 heavy (non-hydrogen) atoms. The first-order valence-corrected chi connectivity index (χ1v) is 13.2. The third-order valence-corrected chi connectivity index (χ3v) is 7.65. The summed E-state index contributed by atoms with van der Waals surface area (Å²) >= 11 is 12.0. The number of primary sulfonamides is 1. The van der Waals surface area contributed by atoms with Crippen molar-refractivity contribution in [3.8, 4) is 0 Å². The molecule has 0 unspecified atom stereocenters. The van der Waals surface area contributed by atoms with Crippen LogP contribution in [0.2, 0.25) is 10.0 Å². The summed E-state index contributed by atoms with van der Waals surface area (Å²) < 4.78 is 51.2. The first-order chi connectivity index (χ1) is 15.5. The van der Waals surface area contributed by atoms with Gasteiger partial charge in [0.05, 0.1) is 9.92 Å². The lowest BCUT2D eigenvalue weighted by atomic mass is 10.1. The van der Waals surface area contributed by atoms with Crippen LogP contribution in [0.1, 0.15) is 5.56 Å². The van der Waals surface area contributed by atoms with Crippen molar-refractivity contribution < 1.29 is 21.6 Å². The number of anilines is 1. The first-order valence-electron chi connectivity index (χ1n) is 9.41. The van der Waals surface area contributed by atoms with Gasteiger partial charge in [0.1, 0.15) is 10.9 Å². The monoisotopic (exact) mass is 527 g/mol. The normalized spacial score (nSPS) is 12.8. The standard InChI is InChI=1S/C21H19Cl2N3O5S2/c22-15-6-11-18(23)20(13-15)33(30,31)26-19(12-14-4-2-1-3-5-14)21(27)25-16-7-9-17(10-8-16)32(24,28)29/h1-11,13,19,26H,12H2,(H,25,27)(H2,24,28,29)/t19-/m1/s1. The number of sulfonamides is 2. The zero-order valence-corrected chi connectivity index (χ0v) is 20.0. The Labute approximate surface area is 201 Å². The van der Waals surface area contributed by atoms with Crippen molar-refractivity contribution in [1.82, 2.24) is 4.72 Å². The Hall–Kier alpha value is -2.47. The fraction of sp³-hybridized carbons (Fsp3) is 0.0952. The average molecular weight is 528 g/mol. The summed E-state index contributed by atoms with van der Waals surface area (Å²) in [6.45, 7) is 0. The highest BCUT2D eigenvalue weighted by atomic mass is 35.5. The lowest BCUT2D eigenvalue weighted by Crippen LogP contribution is -2.45. The maximum absolute atomic E-state index is 13.0. The largest absolute Gasteiger partial charge is 0.325 e. The van der Waals surface area contributed by atoms with Crippen LogP contribution in [0.4, 0.5) is 5.69 Å². The second-order valence-corrected chi connectivity index (χ2v) is 11.1. The summed E-state index contributed by atoms with van der Waals surface area (Å²) in [5, 5.41) is 7.77. The van der Waals surface area contributed by atoms with Gasteiger partial charge in [-0.25, -0.2) is 22.0 Å². The minimum Gasteiger partial charge on any atom is -0.325 e. The van der Waals surface area contributed by atoms with E-state index in [1.54, 1.807) is 30.3 Å². The average Bonchev–Trinajstić information content (AvgIpc) is 2.75. The summed E-state index contributed by atoms with van der Waals surface area (Å²) in [5.74, 6) is -0.663. The van der Waals surface area contributed by atoms with Gasteiger partial charge in [0.15, 0.2) is 0 Å². The molecule has 0 fully saturated rings. The van der Waals surface area contributed by atoms with E-state index < -0.39 is 32.0 Å². The molecule has 0 bridgehead atoms. The molecule has 0 spiro atoms. The van der Waals surface area contributed by atoms with Gasteiger partial charge in [-0.05, 0) is 54.4 Å². The molecule has 0 aliphatic rings. The van der Waals surface area contributed by atoms with Crippen molar-refractivity contribution in [2.45, 2.75) is 22.3 Å². The molecule has 0 aliphatic carbocycles. The third-order valence-electron chi connectivity index (χ3n) is 4.53. The highest BCUT2D eigenvalue weighted by Crippen LogP contribution is 2.25. The summed E-state index contributed by atoms with van der Waals surface area (Å²) in [5.41, 5.74) is 0.965. The molecule has 3 aromatic carbocycles. The quantitative estimate of drug-likeness (QED) is 0.413. The van der Waals surface area contributed by atoms with E-state index in [0.717, 1.165) is 0 Å². The van der Waals surface area contributed by atoms with E-state index in [1.165, 1.54) is 42.5 Å². The lowest BCUT2D eigenvalue weighted by molar-refractivity contribution is -0.117. The van der Waals surface area contributed by atoms with Crippen LogP contribution in [0.15, 0.2) is 82.6 Å². The molecule has 4 N–H and O–H groups in total. The molecule has 0 aliphatic heterocycles. The number of amides is 1. The number of carbonyl (C=O) groups is 1. The van der Waals surface area contributed by atoms with Gasteiger partial charge in [0.2, 0.25) is 26.0 Å². The van der Waals surface area contributed by atoms with E-state index in [4.69, 9.17) is 28.3 Å². The molecular formula is C21H19Cl2N3O5S2. The van der Waals surface area contributed by atoms with E-state index in [9.17, 15) is 21.6 Å². The predicted octanol–water partition coefficient (Wildman–Crippen LogP) is 3.17. The molecule has 0 radical (unpaired) electrons. The zero-order valence-electron chi connectivity index (χ0n) is 16.9. The molecular weight excluding hydrogens is 509 g/mol. The smallest absolute Gasteiger partial charge is 0.242 e. The fourth-order valence-electron chi connectivity index (χ4n) is 2.93. The number of benzene rings is 3. The summed E-state index contributed by atoms with van der Waals surface area (Å²) in [4.78, 5) is 12.6. The van der Waals surface area contributed by atoms with Gasteiger partial charge in [-0.1, -0.05) is 53.5 Å². The van der Waals surface area contributed by atoms with Crippen LogP contribution in [0.25, 0.3) is 0 Å². The Kier molecular flexibility index (Phi) is 7.78. The molecule has 8 nitrogen and oxygen atoms in total. The number of hydrogen-bond acceptors (Lipinski definition) is 5. The van der Waals surface area contributed by atoms with Gasteiger partial charge in [0.25, 0.3) is 0 Å². The van der Waals surface area contributed by atoms with Gasteiger partial charge in [-0.3, -0.25) is 4.79 Å². The minimum absolute atomic E-state index is 0.0410. The van der Waals surface area contributed by atoms with Gasteiger partial charge < -0.3 is 5.32 Å². The Morgan fingerprint density at radius 1 is 0.909 bits per heavy atom. The van der Waals surface area contributed by atoms with Crippen LogP contribution in [0, 0.1) is 0 Å². The highest BCUT2D eigenvalue weighted by molar-refractivity contribution is 7.89. The van der Waals surface area contributed by atoms with Crippen LogP contribution in [0.5, 0.6) is 0 Å². The maximum atomic E-state index is 13.0. The maximum Gasteiger partial charge on any atom is 0.242 e. The summed E-state index contributed by atoms with van der Waals surface area (Å²) in [6, 6.07) is 16.7. The SMILES string of the molecule is NS(=O)(=O)c1ccc(NC(=O)[C@@H](Cc2ccccc2)NS(=O)(=O)c2cc(Cl)ccc2Cl)cc1. The fourth-order valence-corrected chi connectivity index (χ4v) is 5.40. The number of carbonyl (C=O) groups excluding carboxylic acids is 1. The van der Waals surface area contributed by atoms with E-state index in [0.29, 0.717) is 5.56 Å². The second-order valence-electron chi connectivity index (χ2n) is 7.00. The van der Waals surface area contributed by atoms with Gasteiger partial charge in [-0.2, -0.15) is 4.72 Å². The van der Waals surface area contributed by atoms with E-state index >= 15 is 0 Å². The summed E-state index contributed by atoms with van der Waals surface area (Å²) in [7, 11) is -8.11. The van der Waals surface area contributed by atoms with Crippen LogP contribution < -0.4 is 15.2 Å². The van der Waals surface area contributed by atoms with Crippen LogP contribution in [-0.4, -0.2) is 28.8 Å². The molecule has 0 saturated heterocycles. The molecule has 3 rings (SSSR count). The predicted molar refractivity (Wildman–Crippen MR) is 127 cm³/mol. The van der Waals surface area contributed by atoms with E-state index in [2.05, 4.69) is 10.0 Å². The second kappa shape index (κ2) is 10.2. The lowest BCUT2D eigenvalue weighted by Gasteiger charge is -2.19. The third kappa shape index (κ3) is 6.76. The van der Waals surface area contributed by atoms with E-state index in [-0.39, 0.29) is 31.9 Å². The zero-order chi connectivity index (χ0) is 24.2. The molecule has 1 atom stereocenters. The van der Waals surface area contributed by atoms with Gasteiger partial charge in [0, 0.05) is 10.7 Å². The molecule has 1 amide bonds. The van der Waals surface area contributed by atoms with E-state index in [1.807, 2.05) is 0 Å². The summed E-state index contributed by atoms with van der Waals surface area (Å²) in [6.07, 6.45) is 0.0410. The molecule has 0 saturated carbocycles. The number of nitrogens with one attached hydrogen (secondary N) is 2. The molecule has 0 heterocycles. The Morgan fingerprint density at radius 3 is 2.15 bits per heavy atom. The van der Waals surface area contributed by atoms with Crippen LogP contribution in [-0.2, 0) is 31.3 Å². The number of nitrogens with two attached hydrogens (primary N) is 1. The van der Waals surface area contributed by atoms with Crippen molar-refractivity contribution in [3.05, 3.63) is 88.4 Å². The molecule has 174 valence electrons. The Bertz CT molecular complexity index is 1360. The van der Waals surface area contributed by atoms with Crippen molar-refractivity contribution in [2.24, 2.45) is 5.14 Å². The van der Waals surface area contributed by atoms with Gasteiger partial charge >= 0.3 is 0 Å². The Morgan fingerprint density at radius 2 is 1.55 bits per heavy atom. The molecule has 0 aromatic heterocycles. The van der Waals surface area contributed by atoms with Crippen molar-refractivity contribution in [3.63, 3.8) is 0 Å². The number of hydrogen-bond donors (Lipinski definition) is 3. The van der Waals surface area contributed by atoms with Crippen LogP contribution >= 0.6 is 23.2 Å². The van der Waals surface area contributed by atoms with Crippen molar-refractivity contribution in [2.75, 3.05) is 5.32 Å². The molecule has 12 heteroatoms. The van der Waals surface area contributed by atoms with Crippen LogP contribution in [0.3, 0.4) is 0 Å². The minimum atomic E-state index is -4.22.